The van der Waals surface area contributed by atoms with E-state index in [1.807, 2.05) is 43.0 Å². The summed E-state index contributed by atoms with van der Waals surface area (Å²) in [5.41, 5.74) is 1.03. The van der Waals surface area contributed by atoms with Gasteiger partial charge in [-0.3, -0.25) is 9.69 Å². The van der Waals surface area contributed by atoms with Crippen LogP contribution >= 0.6 is 0 Å². The average molecular weight is 543 g/mol. The Morgan fingerprint density at radius 3 is 2.41 bits per heavy atom. The lowest BCUT2D eigenvalue weighted by atomic mass is 9.88. The zero-order valence-electron chi connectivity index (χ0n) is 22.4. The second kappa shape index (κ2) is 12.2. The lowest BCUT2D eigenvalue weighted by molar-refractivity contribution is -0.138. The number of methoxy groups -OCH3 is 1. The molecule has 1 saturated heterocycles. The molecular formula is C31H34F4N2O2. The first kappa shape index (κ1) is 28.6. The van der Waals surface area contributed by atoms with Crippen molar-refractivity contribution in [1.29, 1.82) is 0 Å². The van der Waals surface area contributed by atoms with E-state index in [1.54, 1.807) is 18.1 Å². The number of benzene rings is 3. The Labute approximate surface area is 227 Å². The molecule has 1 fully saturated rings. The molecular weight excluding hydrogens is 508 g/mol. The van der Waals surface area contributed by atoms with Gasteiger partial charge in [0.25, 0.3) is 5.91 Å². The van der Waals surface area contributed by atoms with Gasteiger partial charge < -0.3 is 9.64 Å². The minimum Gasteiger partial charge on any atom is -0.497 e. The molecule has 3 aromatic rings. The van der Waals surface area contributed by atoms with E-state index >= 15 is 0 Å². The molecule has 4 rings (SSSR count). The molecule has 4 nitrogen and oxygen atoms in total. The Bertz CT molecular complexity index is 1260. The highest BCUT2D eigenvalue weighted by atomic mass is 19.4. The van der Waals surface area contributed by atoms with E-state index < -0.39 is 17.6 Å². The average Bonchev–Trinajstić information content (AvgIpc) is 3.29. The van der Waals surface area contributed by atoms with E-state index in [2.05, 4.69) is 0 Å². The van der Waals surface area contributed by atoms with Crippen LogP contribution < -0.4 is 4.74 Å². The van der Waals surface area contributed by atoms with Crippen molar-refractivity contribution in [2.24, 2.45) is 11.8 Å². The molecule has 0 N–H and O–H groups in total. The molecule has 0 bridgehead atoms. The number of nitrogens with zero attached hydrogens (tertiary/aromatic N) is 2. The Hall–Kier alpha value is -3.39. The molecule has 1 amide bonds. The summed E-state index contributed by atoms with van der Waals surface area (Å²) in [7, 11) is 1.59. The predicted octanol–water partition coefficient (Wildman–Crippen LogP) is 6.87. The third-order valence-electron chi connectivity index (χ3n) is 7.17. The fourth-order valence-electron chi connectivity index (χ4n) is 5.44. The van der Waals surface area contributed by atoms with Crippen molar-refractivity contribution in [2.75, 3.05) is 33.3 Å². The first-order chi connectivity index (χ1) is 18.5. The van der Waals surface area contributed by atoms with Crippen molar-refractivity contribution in [1.82, 2.24) is 9.80 Å². The lowest BCUT2D eigenvalue weighted by Crippen LogP contribution is -2.39. The highest BCUT2D eigenvalue weighted by Crippen LogP contribution is 2.38. The monoisotopic (exact) mass is 542 g/mol. The number of likely N-dealkylation sites (tertiary alicyclic amines) is 1. The van der Waals surface area contributed by atoms with Gasteiger partial charge in [0.05, 0.1) is 12.7 Å². The van der Waals surface area contributed by atoms with Gasteiger partial charge in [0.2, 0.25) is 0 Å². The van der Waals surface area contributed by atoms with Crippen LogP contribution in [0.3, 0.4) is 0 Å². The van der Waals surface area contributed by atoms with E-state index in [0.29, 0.717) is 37.5 Å². The van der Waals surface area contributed by atoms with E-state index in [1.165, 1.54) is 36.4 Å². The predicted molar refractivity (Wildman–Crippen MR) is 143 cm³/mol. The number of amides is 1. The van der Waals surface area contributed by atoms with E-state index in [9.17, 15) is 22.4 Å². The molecule has 39 heavy (non-hydrogen) atoms. The fourth-order valence-corrected chi connectivity index (χ4v) is 5.44. The van der Waals surface area contributed by atoms with Gasteiger partial charge in [0.1, 0.15) is 11.6 Å². The first-order valence-corrected chi connectivity index (χ1v) is 13.1. The van der Waals surface area contributed by atoms with Gasteiger partial charge in [-0.2, -0.15) is 13.2 Å². The molecule has 8 heteroatoms. The van der Waals surface area contributed by atoms with Crippen LogP contribution in [0.2, 0.25) is 0 Å². The Morgan fingerprint density at radius 1 is 1.03 bits per heavy atom. The smallest absolute Gasteiger partial charge is 0.416 e. The number of carbonyl (C=O) groups excluding carboxylic acids is 1. The van der Waals surface area contributed by atoms with Crippen LogP contribution in [0.25, 0.3) is 0 Å². The van der Waals surface area contributed by atoms with Gasteiger partial charge in [0, 0.05) is 44.2 Å². The summed E-state index contributed by atoms with van der Waals surface area (Å²) in [5.74, 6) is 0.251. The molecule has 0 spiro atoms. The van der Waals surface area contributed by atoms with Gasteiger partial charge in [-0.1, -0.05) is 44.2 Å². The number of hydrogen-bond donors (Lipinski definition) is 0. The van der Waals surface area contributed by atoms with Gasteiger partial charge >= 0.3 is 6.18 Å². The molecule has 0 unspecified atom stereocenters. The quantitative estimate of drug-likeness (QED) is 0.277. The van der Waals surface area contributed by atoms with E-state index in [0.717, 1.165) is 11.6 Å². The van der Waals surface area contributed by atoms with E-state index in [4.69, 9.17) is 4.74 Å². The molecule has 0 aliphatic carbocycles. The summed E-state index contributed by atoms with van der Waals surface area (Å²) in [4.78, 5) is 17.3. The SMILES string of the molecule is COc1cccc([C@@H]2CN(Cc3ccccc3C(F)(F)F)C[C@@H]2CN(CC(C)C)C(=O)c2ccc(F)cc2)c1. The minimum absolute atomic E-state index is 0.0196. The van der Waals surface area contributed by atoms with Crippen LogP contribution in [0.1, 0.15) is 46.8 Å². The molecule has 1 heterocycles. The molecule has 3 aromatic carbocycles. The van der Waals surface area contributed by atoms with Crippen molar-refractivity contribution in [3.05, 3.63) is 101 Å². The maximum atomic E-state index is 13.7. The topological polar surface area (TPSA) is 32.8 Å². The van der Waals surface area contributed by atoms with Crippen LogP contribution in [0.4, 0.5) is 17.6 Å². The van der Waals surface area contributed by atoms with Gasteiger partial charge in [-0.05, 0) is 65.4 Å². The summed E-state index contributed by atoms with van der Waals surface area (Å²) in [5, 5.41) is 0. The van der Waals surface area contributed by atoms with Crippen molar-refractivity contribution >= 4 is 5.91 Å². The molecule has 2 atom stereocenters. The minimum atomic E-state index is -4.43. The second-order valence-electron chi connectivity index (χ2n) is 10.6. The molecule has 1 aliphatic rings. The number of carbonyl (C=O) groups is 1. The summed E-state index contributed by atoms with van der Waals surface area (Å²) in [6.45, 7) is 6.22. The second-order valence-corrected chi connectivity index (χ2v) is 10.6. The van der Waals surface area contributed by atoms with Crippen LogP contribution in [-0.2, 0) is 12.7 Å². The molecule has 0 aromatic heterocycles. The normalized spacial score (nSPS) is 17.9. The number of rotatable bonds is 9. The maximum absolute atomic E-state index is 13.7. The van der Waals surface area contributed by atoms with Gasteiger partial charge in [0.15, 0.2) is 0 Å². The first-order valence-electron chi connectivity index (χ1n) is 13.1. The number of halogens is 4. The summed E-state index contributed by atoms with van der Waals surface area (Å²) < 4.78 is 60.0. The Kier molecular flexibility index (Phi) is 8.95. The van der Waals surface area contributed by atoms with Crippen LogP contribution in [0.15, 0.2) is 72.8 Å². The van der Waals surface area contributed by atoms with Crippen molar-refractivity contribution < 1.29 is 27.1 Å². The summed E-state index contributed by atoms with van der Waals surface area (Å²) in [6.07, 6.45) is -4.43. The third kappa shape index (κ3) is 7.18. The maximum Gasteiger partial charge on any atom is 0.416 e. The molecule has 0 saturated carbocycles. The van der Waals surface area contributed by atoms with Crippen LogP contribution in [0.5, 0.6) is 5.75 Å². The largest absolute Gasteiger partial charge is 0.497 e. The van der Waals surface area contributed by atoms with Crippen molar-refractivity contribution in [2.45, 2.75) is 32.5 Å². The van der Waals surface area contributed by atoms with E-state index in [-0.39, 0.29) is 35.8 Å². The molecule has 208 valence electrons. The summed E-state index contributed by atoms with van der Waals surface area (Å²) in [6, 6.07) is 18.9. The van der Waals surface area contributed by atoms with Crippen molar-refractivity contribution in [3.63, 3.8) is 0 Å². The Morgan fingerprint density at radius 2 is 1.74 bits per heavy atom. The van der Waals surface area contributed by atoms with Crippen molar-refractivity contribution in [3.8, 4) is 5.75 Å². The highest BCUT2D eigenvalue weighted by molar-refractivity contribution is 5.94. The standard InChI is InChI=1S/C31H34F4N2O2/c1-21(2)16-37(30(38)22-11-13-26(32)14-12-22)19-25-18-36(17-24-7-4-5-10-29(24)31(33,34)35)20-28(25)23-8-6-9-27(15-23)39-3/h4-15,21,25,28H,16-20H2,1-3H3/t25-,28+/m1/s1. The zero-order valence-corrected chi connectivity index (χ0v) is 22.4. The fraction of sp³-hybridized carbons (Fsp3) is 0.387. The molecule has 1 aliphatic heterocycles. The summed E-state index contributed by atoms with van der Waals surface area (Å²) >= 11 is 0. The number of ether oxygens (including phenoxy) is 1. The van der Waals surface area contributed by atoms with Crippen LogP contribution in [0, 0.1) is 17.7 Å². The zero-order chi connectivity index (χ0) is 28.2. The van der Waals surface area contributed by atoms with Gasteiger partial charge in [-0.15, -0.1) is 0 Å². The number of alkyl halides is 3. The molecule has 0 radical (unpaired) electrons. The third-order valence-corrected chi connectivity index (χ3v) is 7.17. The lowest BCUT2D eigenvalue weighted by Gasteiger charge is -2.30. The highest BCUT2D eigenvalue weighted by Gasteiger charge is 2.38. The van der Waals surface area contributed by atoms with Crippen LogP contribution in [-0.4, -0.2) is 49.0 Å². The number of hydrogen-bond acceptors (Lipinski definition) is 3. The van der Waals surface area contributed by atoms with Gasteiger partial charge in [-0.25, -0.2) is 4.39 Å². The Balaban J connectivity index is 1.63.